The maximum Gasteiger partial charge on any atom is 0.312 e. The zero-order chi connectivity index (χ0) is 45.1. The Morgan fingerprint density at radius 1 is 0.903 bits per heavy atom. The first-order valence-corrected chi connectivity index (χ1v) is 20.9. The number of Topliss-reactive ketones (excluding diaryl/α,β-unsaturated/α-hetero) is 1. The number of allylic oxidation sites excluding steroid dienone is 2. The average molecular weight is 858 g/mol. The van der Waals surface area contributed by atoms with E-state index in [2.05, 4.69) is 5.32 Å². The monoisotopic (exact) mass is 857 g/mol. The van der Waals surface area contributed by atoms with Gasteiger partial charge in [-0.15, -0.1) is 0 Å². The van der Waals surface area contributed by atoms with E-state index in [0.717, 1.165) is 0 Å². The number of phenolic OH excluding ortho intramolecular Hbond substituents is 2. The number of amides is 1. The summed E-state index contributed by atoms with van der Waals surface area (Å²) in [5.74, 6) is -7.26. The molecule has 5 aliphatic rings. The van der Waals surface area contributed by atoms with Crippen molar-refractivity contribution in [3.05, 3.63) is 69.6 Å². The number of carbonyl (C=O) groups excluding carboxylic acids is 2. The molecule has 1 aliphatic carbocycles. The van der Waals surface area contributed by atoms with Gasteiger partial charge in [-0.2, -0.15) is 0 Å². The maximum atomic E-state index is 14.7. The first-order chi connectivity index (χ1) is 29.3. The highest BCUT2D eigenvalue weighted by Gasteiger charge is 2.50. The smallest absolute Gasteiger partial charge is 0.312 e. The van der Waals surface area contributed by atoms with Gasteiger partial charge in [0.05, 0.1) is 47.7 Å². The van der Waals surface area contributed by atoms with Crippen molar-refractivity contribution in [1.82, 2.24) is 4.98 Å². The molecule has 7 rings (SSSR count). The van der Waals surface area contributed by atoms with Gasteiger partial charge >= 0.3 is 5.79 Å². The Labute approximate surface area is 358 Å². The van der Waals surface area contributed by atoms with E-state index >= 15 is 0 Å². The number of nitrogens with zero attached hydrogens (tertiary/aromatic N) is 2. The van der Waals surface area contributed by atoms with E-state index < -0.39 is 88.5 Å². The fourth-order valence-electron chi connectivity index (χ4n) is 8.79. The molecule has 7 N–H and O–H groups in total. The van der Waals surface area contributed by atoms with Gasteiger partial charge in [-0.25, -0.2) is 4.98 Å². The first kappa shape index (κ1) is 44.5. The minimum atomic E-state index is -2.06. The van der Waals surface area contributed by atoms with Crippen LogP contribution in [-0.2, 0) is 14.3 Å². The number of aromatic hydroxyl groups is 2. The van der Waals surface area contributed by atoms with Crippen molar-refractivity contribution in [3.8, 4) is 28.7 Å². The molecule has 4 heterocycles. The van der Waals surface area contributed by atoms with Crippen LogP contribution in [0.5, 0.6) is 17.2 Å². The van der Waals surface area contributed by atoms with Gasteiger partial charge in [-0.05, 0) is 32.8 Å². The summed E-state index contributed by atoms with van der Waals surface area (Å²) in [6.07, 6.45) is 3.87. The van der Waals surface area contributed by atoms with Gasteiger partial charge in [0, 0.05) is 85.1 Å². The number of hydrogen-bond acceptors (Lipinski definition) is 15. The third kappa shape index (κ3) is 7.68. The molecule has 16 nitrogen and oxygen atoms in total. The largest absolute Gasteiger partial charge is 0.507 e. The molecule has 2 aromatic carbocycles. The van der Waals surface area contributed by atoms with Crippen LogP contribution in [-0.4, -0.2) is 104 Å². The number of ketones is 1. The van der Waals surface area contributed by atoms with Crippen molar-refractivity contribution in [2.24, 2.45) is 23.7 Å². The van der Waals surface area contributed by atoms with Crippen LogP contribution in [0.3, 0.4) is 0 Å². The number of nitrogens with one attached hydrogen (secondary N) is 1. The third-order valence-electron chi connectivity index (χ3n) is 13.0. The summed E-state index contributed by atoms with van der Waals surface area (Å²) >= 11 is 0. The highest BCUT2D eigenvalue weighted by Crippen LogP contribution is 2.51. The zero-order valence-electron chi connectivity index (χ0n) is 36.0. The zero-order valence-corrected chi connectivity index (χ0v) is 36.0. The van der Waals surface area contributed by atoms with Gasteiger partial charge in [0.1, 0.15) is 34.1 Å². The molecule has 9 atom stereocenters. The average Bonchev–Trinajstić information content (AvgIpc) is 3.52. The molecule has 332 valence electrons. The van der Waals surface area contributed by atoms with Crippen molar-refractivity contribution in [3.63, 3.8) is 0 Å². The summed E-state index contributed by atoms with van der Waals surface area (Å²) in [6.45, 7) is 12.1. The van der Waals surface area contributed by atoms with Crippen LogP contribution in [0, 0.1) is 30.6 Å². The number of benzene rings is 3. The molecule has 0 aromatic heterocycles. The van der Waals surface area contributed by atoms with Crippen molar-refractivity contribution in [2.45, 2.75) is 97.6 Å². The van der Waals surface area contributed by atoms with E-state index in [4.69, 9.17) is 23.6 Å². The predicted molar refractivity (Wildman–Crippen MR) is 231 cm³/mol. The molecule has 1 saturated heterocycles. The fraction of sp³-hybridized carbons (Fsp3) is 0.478. The molecule has 1 fully saturated rings. The number of methoxy groups -OCH3 is 1. The Morgan fingerprint density at radius 3 is 2.24 bits per heavy atom. The highest BCUT2D eigenvalue weighted by atomic mass is 16.7. The standard InChI is InChI=1S/C46H55N3O13/c1-20-10-9-11-21(2)45(58)48-36-41(56)32-31(35-43(36)61-30-19-26(18-28(51)34(30)47-35)49-15-12-27(50)13-16-49)33-42(25(6)40(32)55)62-46(7,44(33)57)60-17-14-29(59-8)22(3)38(53)24(5)39(54)23(4)37(20)52/h9-11,14,17-20,22-24,27,29,37-39,50-55H,12-13,15-16H2,1-8H3,(H,48,58)/b10-9+,17-14+,21-11-/t20-,22+,23+,24-,29-,37-,38+,39+,46-/m0/s1. The van der Waals surface area contributed by atoms with Gasteiger partial charge in [0.25, 0.3) is 11.7 Å². The molecular weight excluding hydrogens is 803 g/mol. The fourth-order valence-corrected chi connectivity index (χ4v) is 8.79. The summed E-state index contributed by atoms with van der Waals surface area (Å²) in [5.41, 5.74) is -0.875. The number of carbonyl (C=O) groups is 2. The second kappa shape index (κ2) is 17.0. The molecule has 0 unspecified atom stereocenters. The lowest BCUT2D eigenvalue weighted by Crippen LogP contribution is -2.44. The summed E-state index contributed by atoms with van der Waals surface area (Å²) in [6, 6.07) is 3.12. The molecule has 0 radical (unpaired) electrons. The quantitative estimate of drug-likeness (QED) is 0.103. The highest BCUT2D eigenvalue weighted by molar-refractivity contribution is 6.22. The predicted octanol–water partition coefficient (Wildman–Crippen LogP) is 5.05. The number of aliphatic hydroxyl groups excluding tert-OH is 4. The van der Waals surface area contributed by atoms with Crippen molar-refractivity contribution in [2.75, 3.05) is 30.4 Å². The molecule has 4 aliphatic heterocycles. The summed E-state index contributed by atoms with van der Waals surface area (Å²) in [5, 5.41) is 69.4. The van der Waals surface area contributed by atoms with E-state index in [0.29, 0.717) is 31.6 Å². The number of aromatic nitrogens is 1. The number of aliphatic hydroxyl groups is 4. The minimum absolute atomic E-state index is 0.0269. The van der Waals surface area contributed by atoms with E-state index in [1.54, 1.807) is 45.9 Å². The number of hydrogen-bond donors (Lipinski definition) is 7. The van der Waals surface area contributed by atoms with Crippen LogP contribution < -0.4 is 20.4 Å². The van der Waals surface area contributed by atoms with Gasteiger partial charge in [-0.1, -0.05) is 45.9 Å². The van der Waals surface area contributed by atoms with Gasteiger partial charge < -0.3 is 59.5 Å². The van der Waals surface area contributed by atoms with Crippen molar-refractivity contribution < 1.29 is 58.9 Å². The molecule has 4 bridgehead atoms. The maximum absolute atomic E-state index is 14.7. The third-order valence-corrected chi connectivity index (χ3v) is 13.0. The Bertz CT molecular complexity index is 2540. The number of fused-ring (bicyclic) bond motifs is 2. The number of rotatable bonds is 2. The van der Waals surface area contributed by atoms with Crippen LogP contribution in [0.15, 0.2) is 57.5 Å². The Morgan fingerprint density at radius 2 is 1.56 bits per heavy atom. The minimum Gasteiger partial charge on any atom is -0.507 e. The van der Waals surface area contributed by atoms with Crippen LogP contribution in [0.4, 0.5) is 11.4 Å². The summed E-state index contributed by atoms with van der Waals surface area (Å²) in [4.78, 5) is 50.0. The van der Waals surface area contributed by atoms with Gasteiger partial charge in [0.2, 0.25) is 5.43 Å². The first-order valence-electron chi connectivity index (χ1n) is 20.9. The lowest BCUT2D eigenvalue weighted by atomic mass is 9.78. The summed E-state index contributed by atoms with van der Waals surface area (Å²) in [7, 11) is 1.43. The topological polar surface area (TPSA) is 242 Å². The molecule has 2 aromatic rings. The lowest BCUT2D eigenvalue weighted by Gasteiger charge is -2.36. The van der Waals surface area contributed by atoms with Crippen LogP contribution in [0.25, 0.3) is 33.3 Å². The molecule has 62 heavy (non-hydrogen) atoms. The van der Waals surface area contributed by atoms with Crippen LogP contribution >= 0.6 is 0 Å². The molecular formula is C46H55N3O13. The Hall–Kier alpha value is -5.52. The SMILES string of the molecule is CO[C@H]1/C=C/O[C@@]2(C)Oc3c(C)c(O)c4c(=O)c(c5oc6cc(N7CCC(O)CC7)cc(O)c6nc-5c4c3C2=O)NC(=O)/C(C)=C\C=C\[C@H](C)[C@H](O)[C@@H](C)[C@@H](O)[C@@H](C)[C@H](O)[C@@H]1C. The van der Waals surface area contributed by atoms with Crippen LogP contribution in [0.1, 0.15) is 70.3 Å². The number of phenols is 2. The lowest BCUT2D eigenvalue weighted by molar-refractivity contribution is -0.112. The molecule has 0 saturated carbocycles. The van der Waals surface area contributed by atoms with E-state index in [1.807, 2.05) is 4.90 Å². The van der Waals surface area contributed by atoms with E-state index in [-0.39, 0.29) is 61.5 Å². The van der Waals surface area contributed by atoms with Crippen LogP contribution in [0.2, 0.25) is 0 Å². The van der Waals surface area contributed by atoms with E-state index in [9.17, 15) is 45.0 Å². The van der Waals surface area contributed by atoms with Crippen molar-refractivity contribution in [1.29, 1.82) is 0 Å². The van der Waals surface area contributed by atoms with Gasteiger partial charge in [-0.3, -0.25) is 14.4 Å². The van der Waals surface area contributed by atoms with E-state index in [1.165, 1.54) is 52.4 Å². The molecule has 16 heteroatoms. The number of anilines is 2. The Balaban J connectivity index is 1.45. The second-order valence-electron chi connectivity index (χ2n) is 17.2. The van der Waals surface area contributed by atoms with Gasteiger partial charge in [0.15, 0.2) is 11.3 Å². The summed E-state index contributed by atoms with van der Waals surface area (Å²) < 4.78 is 24.3. The van der Waals surface area contributed by atoms with Crippen molar-refractivity contribution >= 4 is 44.9 Å². The normalized spacial score (nSPS) is 31.2. The Kier molecular flexibility index (Phi) is 12.2. The molecule has 0 spiro atoms. The number of ether oxygens (including phenoxy) is 3. The second-order valence-corrected chi connectivity index (χ2v) is 17.2. The molecule has 1 amide bonds. The number of piperidine rings is 1.